The van der Waals surface area contributed by atoms with Crippen molar-refractivity contribution in [1.82, 2.24) is 0 Å². The molecule has 0 N–H and O–H groups in total. The molecule has 1 aliphatic carbocycles. The minimum absolute atomic E-state index is 0.520. The maximum Gasteiger partial charge on any atom is 0.0419 e. The average molecular weight is 497 g/mol. The Morgan fingerprint density at radius 2 is 1.59 bits per heavy atom. The number of alkyl halides is 1. The quantitative estimate of drug-likeness (QED) is 0.169. The number of hydrogen-bond donors (Lipinski definition) is 0. The van der Waals surface area contributed by atoms with Crippen molar-refractivity contribution in [3.63, 3.8) is 0 Å². The number of hydrogen-bond acceptors (Lipinski definition) is 1. The third-order valence-corrected chi connectivity index (χ3v) is 7.39. The van der Waals surface area contributed by atoms with Crippen LogP contribution in [0.1, 0.15) is 89.0 Å². The molecule has 1 aliphatic heterocycles. The number of unbranched alkanes of at least 4 members (excludes halogenated alkanes) is 9. The standard InChI is InChI=1S/C24H35Br2N/c1-2-3-4-5-6-7-8-9-10-11-16-27-23-17-19(25)12-14-21(23)22-15-13-20(26)18-24(22)27/h12-15,17,20,22,24H,2-11,16,18H2,1H3/t20-,22-,24?/m1/s1. The zero-order valence-corrected chi connectivity index (χ0v) is 20.0. The molecule has 0 amide bonds. The molecule has 2 aliphatic rings. The van der Waals surface area contributed by atoms with Gasteiger partial charge in [0.15, 0.2) is 0 Å². The lowest BCUT2D eigenvalue weighted by atomic mass is 9.87. The van der Waals surface area contributed by atoms with Gasteiger partial charge in [-0.3, -0.25) is 0 Å². The molecule has 0 saturated carbocycles. The van der Waals surface area contributed by atoms with Crippen LogP contribution in [0.25, 0.3) is 0 Å². The summed E-state index contributed by atoms with van der Waals surface area (Å²) < 4.78 is 1.20. The Morgan fingerprint density at radius 3 is 2.30 bits per heavy atom. The van der Waals surface area contributed by atoms with Crippen molar-refractivity contribution in [2.75, 3.05) is 11.4 Å². The second kappa shape index (κ2) is 11.0. The first-order chi connectivity index (χ1) is 13.2. The summed E-state index contributed by atoms with van der Waals surface area (Å²) in [7, 11) is 0. The minimum Gasteiger partial charge on any atom is -0.367 e. The van der Waals surface area contributed by atoms with Crippen LogP contribution >= 0.6 is 31.9 Å². The van der Waals surface area contributed by atoms with Crippen LogP contribution in [0.2, 0.25) is 0 Å². The molecule has 0 aromatic heterocycles. The van der Waals surface area contributed by atoms with Crippen LogP contribution in [0.4, 0.5) is 5.69 Å². The van der Waals surface area contributed by atoms with Gasteiger partial charge in [-0.1, -0.05) is 115 Å². The average Bonchev–Trinajstić information content (AvgIpc) is 2.95. The summed E-state index contributed by atoms with van der Waals surface area (Å²) in [6.45, 7) is 3.50. The van der Waals surface area contributed by atoms with Gasteiger partial charge in [-0.15, -0.1) is 0 Å². The number of rotatable bonds is 11. The Bertz CT molecular complexity index is 612. The lowest BCUT2D eigenvalue weighted by Crippen LogP contribution is -2.37. The third-order valence-electron chi connectivity index (χ3n) is 6.22. The molecule has 0 fully saturated rings. The van der Waals surface area contributed by atoms with Crippen LogP contribution < -0.4 is 4.90 Å². The van der Waals surface area contributed by atoms with Gasteiger partial charge >= 0.3 is 0 Å². The fraction of sp³-hybridized carbons (Fsp3) is 0.667. The van der Waals surface area contributed by atoms with E-state index in [4.69, 9.17) is 0 Å². The highest BCUT2D eigenvalue weighted by molar-refractivity contribution is 9.10. The molecule has 0 bridgehead atoms. The van der Waals surface area contributed by atoms with Crippen molar-refractivity contribution < 1.29 is 0 Å². The lowest BCUT2D eigenvalue weighted by Gasteiger charge is -2.33. The number of anilines is 1. The third kappa shape index (κ3) is 5.85. The molecule has 3 heteroatoms. The Hall–Kier alpha value is -0.280. The van der Waals surface area contributed by atoms with E-state index in [1.807, 2.05) is 0 Å². The molecule has 3 atom stereocenters. The van der Waals surface area contributed by atoms with E-state index in [0.717, 1.165) is 0 Å². The van der Waals surface area contributed by atoms with Gasteiger partial charge in [-0.05, 0) is 30.5 Å². The van der Waals surface area contributed by atoms with Gasteiger partial charge in [0.05, 0.1) is 0 Å². The maximum atomic E-state index is 3.82. The van der Waals surface area contributed by atoms with E-state index in [1.165, 1.54) is 92.9 Å². The summed E-state index contributed by atoms with van der Waals surface area (Å²) >= 11 is 7.50. The molecule has 1 heterocycles. The first-order valence-corrected chi connectivity index (χ1v) is 12.8. The fourth-order valence-corrected chi connectivity index (χ4v) is 5.65. The summed E-state index contributed by atoms with van der Waals surface area (Å²) in [5.74, 6) is 0.574. The summed E-state index contributed by atoms with van der Waals surface area (Å²) in [6.07, 6.45) is 20.0. The molecular weight excluding hydrogens is 462 g/mol. The predicted octanol–water partition coefficient (Wildman–Crippen LogP) is 8.37. The summed E-state index contributed by atoms with van der Waals surface area (Å²) in [4.78, 5) is 3.22. The molecule has 150 valence electrons. The molecule has 0 radical (unpaired) electrons. The van der Waals surface area contributed by atoms with Crippen molar-refractivity contribution in [3.05, 3.63) is 40.4 Å². The van der Waals surface area contributed by atoms with Crippen LogP contribution in [-0.4, -0.2) is 17.4 Å². The Labute approximate surface area is 183 Å². The molecule has 1 aromatic rings. The summed E-state index contributed by atoms with van der Waals surface area (Å²) in [5.41, 5.74) is 2.98. The fourth-order valence-electron chi connectivity index (χ4n) is 4.74. The monoisotopic (exact) mass is 495 g/mol. The maximum absolute atomic E-state index is 3.82. The van der Waals surface area contributed by atoms with Crippen molar-refractivity contribution in [2.24, 2.45) is 0 Å². The lowest BCUT2D eigenvalue weighted by molar-refractivity contribution is 0.511. The molecule has 1 unspecified atom stereocenters. The summed E-state index contributed by atoms with van der Waals surface area (Å²) in [6, 6.07) is 7.49. The summed E-state index contributed by atoms with van der Waals surface area (Å²) in [5, 5.41) is 0. The van der Waals surface area contributed by atoms with Gasteiger partial charge in [-0.25, -0.2) is 0 Å². The minimum atomic E-state index is 0.520. The smallest absolute Gasteiger partial charge is 0.0419 e. The SMILES string of the molecule is CCCCCCCCCCCCN1c2cc(Br)ccc2[C@H]2C=C[C@@H](Br)CC21. The number of allylic oxidation sites excluding steroid dienone is 1. The van der Waals surface area contributed by atoms with Crippen molar-refractivity contribution >= 4 is 37.5 Å². The Morgan fingerprint density at radius 1 is 0.926 bits per heavy atom. The first-order valence-electron chi connectivity index (χ1n) is 11.1. The first kappa shape index (κ1) is 21.4. The Balaban J connectivity index is 1.44. The zero-order chi connectivity index (χ0) is 19.1. The van der Waals surface area contributed by atoms with E-state index in [-0.39, 0.29) is 0 Å². The van der Waals surface area contributed by atoms with Crippen molar-refractivity contribution in [1.29, 1.82) is 0 Å². The number of fused-ring (bicyclic) bond motifs is 3. The van der Waals surface area contributed by atoms with Gasteiger partial charge in [0.25, 0.3) is 0 Å². The van der Waals surface area contributed by atoms with Gasteiger partial charge < -0.3 is 4.90 Å². The van der Waals surface area contributed by atoms with E-state index >= 15 is 0 Å². The van der Waals surface area contributed by atoms with Crippen LogP contribution in [0, 0.1) is 0 Å². The number of halogens is 2. The highest BCUT2D eigenvalue weighted by atomic mass is 79.9. The van der Waals surface area contributed by atoms with E-state index < -0.39 is 0 Å². The van der Waals surface area contributed by atoms with Crippen molar-refractivity contribution in [3.8, 4) is 0 Å². The van der Waals surface area contributed by atoms with Crippen LogP contribution in [0.3, 0.4) is 0 Å². The number of benzene rings is 1. The largest absolute Gasteiger partial charge is 0.367 e. The van der Waals surface area contributed by atoms with E-state index in [1.54, 1.807) is 0 Å². The van der Waals surface area contributed by atoms with Crippen LogP contribution in [-0.2, 0) is 0 Å². The second-order valence-electron chi connectivity index (χ2n) is 8.31. The second-order valence-corrected chi connectivity index (χ2v) is 10.4. The molecular formula is C24H35Br2N. The highest BCUT2D eigenvalue weighted by Crippen LogP contribution is 2.47. The predicted molar refractivity (Wildman–Crippen MR) is 126 cm³/mol. The topological polar surface area (TPSA) is 3.24 Å². The van der Waals surface area contributed by atoms with Gasteiger partial charge in [-0.2, -0.15) is 0 Å². The highest BCUT2D eigenvalue weighted by Gasteiger charge is 2.39. The van der Waals surface area contributed by atoms with Crippen LogP contribution in [0.15, 0.2) is 34.8 Å². The number of nitrogens with zero attached hydrogens (tertiary/aromatic N) is 1. The van der Waals surface area contributed by atoms with E-state index in [9.17, 15) is 0 Å². The van der Waals surface area contributed by atoms with Gasteiger partial charge in [0.1, 0.15) is 0 Å². The molecule has 0 spiro atoms. The van der Waals surface area contributed by atoms with Gasteiger partial charge in [0, 0.05) is 33.5 Å². The molecule has 3 rings (SSSR count). The van der Waals surface area contributed by atoms with Gasteiger partial charge in [0.2, 0.25) is 0 Å². The van der Waals surface area contributed by atoms with E-state index in [0.29, 0.717) is 16.8 Å². The molecule has 27 heavy (non-hydrogen) atoms. The molecule has 0 saturated heterocycles. The van der Waals surface area contributed by atoms with Crippen molar-refractivity contribution in [2.45, 2.75) is 94.3 Å². The Kier molecular flexibility index (Phi) is 8.77. The molecule has 1 aromatic carbocycles. The van der Waals surface area contributed by atoms with E-state index in [2.05, 4.69) is 74.0 Å². The van der Waals surface area contributed by atoms with Crippen LogP contribution in [0.5, 0.6) is 0 Å². The molecule has 1 nitrogen and oxygen atoms in total. The zero-order valence-electron chi connectivity index (χ0n) is 16.8. The normalized spacial score (nSPS) is 23.5.